The van der Waals surface area contributed by atoms with Crippen molar-refractivity contribution in [3.63, 3.8) is 0 Å². The van der Waals surface area contributed by atoms with Crippen LogP contribution in [0.5, 0.6) is 0 Å². The first-order valence-corrected chi connectivity index (χ1v) is 8.90. The predicted molar refractivity (Wildman–Crippen MR) is 92.3 cm³/mol. The van der Waals surface area contributed by atoms with Crippen molar-refractivity contribution in [2.75, 3.05) is 46.2 Å². The fourth-order valence-corrected chi connectivity index (χ4v) is 1.90. The number of aromatic nitrogens is 3. The molecule has 0 aliphatic heterocycles. The van der Waals surface area contributed by atoms with Gasteiger partial charge < -0.3 is 18.9 Å². The lowest BCUT2D eigenvalue weighted by Crippen LogP contribution is -2.17. The summed E-state index contributed by atoms with van der Waals surface area (Å²) in [4.78, 5) is 11.9. The molecule has 1 atom stereocenters. The second-order valence-electron chi connectivity index (χ2n) is 5.66. The Balaban J connectivity index is 2.01. The van der Waals surface area contributed by atoms with Crippen molar-refractivity contribution >= 4 is 5.78 Å². The number of carbonyl (C=O) groups excluding carboxylic acids is 1. The number of hydrogen-bond acceptors (Lipinski definition) is 7. The molecule has 0 aromatic carbocycles. The summed E-state index contributed by atoms with van der Waals surface area (Å²) < 4.78 is 22.9. The zero-order valence-corrected chi connectivity index (χ0v) is 15.6. The minimum Gasteiger partial charge on any atom is -0.379 e. The Morgan fingerprint density at radius 3 is 2.24 bits per heavy atom. The third-order valence-corrected chi connectivity index (χ3v) is 3.64. The summed E-state index contributed by atoms with van der Waals surface area (Å²) in [5.74, 6) is 0.209. The van der Waals surface area contributed by atoms with Crippen LogP contribution in [0.2, 0.25) is 0 Å². The fourth-order valence-electron chi connectivity index (χ4n) is 1.90. The average Bonchev–Trinajstić information content (AvgIpc) is 3.06. The Hall–Kier alpha value is -1.35. The molecule has 0 radical (unpaired) electrons. The molecule has 0 fully saturated rings. The molecule has 144 valence electrons. The molecule has 1 rings (SSSR count). The highest BCUT2D eigenvalue weighted by molar-refractivity contribution is 5.80. The van der Waals surface area contributed by atoms with Gasteiger partial charge in [0.1, 0.15) is 12.2 Å². The van der Waals surface area contributed by atoms with Crippen LogP contribution in [0.1, 0.15) is 32.9 Å². The summed E-state index contributed by atoms with van der Waals surface area (Å²) >= 11 is 0. The Morgan fingerprint density at radius 1 is 1.04 bits per heavy atom. The van der Waals surface area contributed by atoms with E-state index in [-0.39, 0.29) is 18.2 Å². The van der Waals surface area contributed by atoms with E-state index in [1.807, 2.05) is 20.8 Å². The molecule has 0 amide bonds. The second-order valence-corrected chi connectivity index (χ2v) is 5.66. The lowest BCUT2D eigenvalue weighted by Gasteiger charge is -2.06. The summed E-state index contributed by atoms with van der Waals surface area (Å²) in [5, 5.41) is 7.95. The molecule has 0 aliphatic carbocycles. The molecule has 0 bridgehead atoms. The number of nitrogens with zero attached hydrogens (tertiary/aromatic N) is 3. The second kappa shape index (κ2) is 13.9. The van der Waals surface area contributed by atoms with Gasteiger partial charge in [0.15, 0.2) is 5.78 Å². The molecule has 8 heteroatoms. The first kappa shape index (κ1) is 21.7. The van der Waals surface area contributed by atoms with E-state index in [9.17, 15) is 4.79 Å². The number of Topliss-reactive ketones (excluding diaryl/α,β-unsaturated/α-hetero) is 1. The molecule has 25 heavy (non-hydrogen) atoms. The quantitative estimate of drug-likeness (QED) is 0.414. The predicted octanol–water partition coefficient (Wildman–Crippen LogP) is 1.48. The molecule has 1 aromatic heterocycles. The van der Waals surface area contributed by atoms with Gasteiger partial charge in [0.05, 0.1) is 52.4 Å². The Morgan fingerprint density at radius 2 is 1.64 bits per heavy atom. The molecule has 0 saturated heterocycles. The van der Waals surface area contributed by atoms with E-state index >= 15 is 0 Å². The minimum absolute atomic E-state index is 0.0456. The summed E-state index contributed by atoms with van der Waals surface area (Å²) in [5.41, 5.74) is 0.705. The number of ether oxygens (including phenoxy) is 4. The highest BCUT2D eigenvalue weighted by Gasteiger charge is 2.12. The molecular weight excluding hydrogens is 326 g/mol. The van der Waals surface area contributed by atoms with Crippen LogP contribution in [-0.4, -0.2) is 67.0 Å². The summed E-state index contributed by atoms with van der Waals surface area (Å²) in [7, 11) is 0. The molecule has 8 nitrogen and oxygen atoms in total. The molecule has 0 spiro atoms. The maximum absolute atomic E-state index is 11.9. The first-order chi connectivity index (χ1) is 12.2. The van der Waals surface area contributed by atoms with Gasteiger partial charge in [-0.2, -0.15) is 0 Å². The highest BCUT2D eigenvalue weighted by Crippen LogP contribution is 2.04. The smallest absolute Gasteiger partial charge is 0.157 e. The van der Waals surface area contributed by atoms with Gasteiger partial charge in [-0.05, 0) is 13.3 Å². The van der Waals surface area contributed by atoms with Crippen LogP contribution in [-0.2, 0) is 36.9 Å². The van der Waals surface area contributed by atoms with Gasteiger partial charge in [-0.25, -0.2) is 4.68 Å². The number of ketones is 1. The molecule has 1 heterocycles. The third-order valence-electron chi connectivity index (χ3n) is 3.64. The molecule has 0 aliphatic rings. The standard InChI is InChI=1S/C17H31N3O5/c1-4-15(3)17(21)13-20-12-16(18-19-20)14-25-11-10-24-9-8-23-7-6-22-5-2/h12,15H,4-11,13-14H2,1-3H3. The van der Waals surface area contributed by atoms with E-state index in [0.29, 0.717) is 58.5 Å². The summed E-state index contributed by atoms with van der Waals surface area (Å²) in [6.45, 7) is 10.4. The van der Waals surface area contributed by atoms with Crippen LogP contribution in [0, 0.1) is 5.92 Å². The lowest BCUT2D eigenvalue weighted by molar-refractivity contribution is -0.123. The Kier molecular flexibility index (Phi) is 12.0. The van der Waals surface area contributed by atoms with E-state index in [0.717, 1.165) is 6.42 Å². The maximum Gasteiger partial charge on any atom is 0.157 e. The van der Waals surface area contributed by atoms with Gasteiger partial charge in [-0.15, -0.1) is 5.10 Å². The van der Waals surface area contributed by atoms with E-state index < -0.39 is 0 Å². The van der Waals surface area contributed by atoms with Gasteiger partial charge in [-0.1, -0.05) is 19.1 Å². The largest absolute Gasteiger partial charge is 0.379 e. The van der Waals surface area contributed by atoms with Crippen LogP contribution in [0.3, 0.4) is 0 Å². The molecule has 0 N–H and O–H groups in total. The Labute approximate surface area is 149 Å². The van der Waals surface area contributed by atoms with E-state index in [2.05, 4.69) is 10.3 Å². The van der Waals surface area contributed by atoms with Gasteiger partial charge >= 0.3 is 0 Å². The maximum atomic E-state index is 11.9. The topological polar surface area (TPSA) is 84.7 Å². The van der Waals surface area contributed by atoms with Crippen molar-refractivity contribution in [3.05, 3.63) is 11.9 Å². The van der Waals surface area contributed by atoms with Crippen LogP contribution >= 0.6 is 0 Å². The van der Waals surface area contributed by atoms with Gasteiger partial charge in [0, 0.05) is 12.5 Å². The minimum atomic E-state index is 0.0456. The molecule has 1 aromatic rings. The highest BCUT2D eigenvalue weighted by atomic mass is 16.6. The van der Waals surface area contributed by atoms with Crippen LogP contribution in [0.15, 0.2) is 6.20 Å². The first-order valence-electron chi connectivity index (χ1n) is 8.90. The van der Waals surface area contributed by atoms with E-state index in [1.54, 1.807) is 10.9 Å². The van der Waals surface area contributed by atoms with E-state index in [1.165, 1.54) is 0 Å². The van der Waals surface area contributed by atoms with Crippen molar-refractivity contribution in [2.45, 2.75) is 40.3 Å². The van der Waals surface area contributed by atoms with Gasteiger partial charge in [0.25, 0.3) is 0 Å². The fraction of sp³-hybridized carbons (Fsp3) is 0.824. The van der Waals surface area contributed by atoms with Gasteiger partial charge in [-0.3, -0.25) is 4.79 Å². The molecular formula is C17H31N3O5. The molecule has 1 unspecified atom stereocenters. The zero-order chi connectivity index (χ0) is 18.3. The third kappa shape index (κ3) is 10.3. The van der Waals surface area contributed by atoms with E-state index in [4.69, 9.17) is 18.9 Å². The van der Waals surface area contributed by atoms with Crippen LogP contribution in [0.25, 0.3) is 0 Å². The number of carbonyl (C=O) groups is 1. The summed E-state index contributed by atoms with van der Waals surface area (Å²) in [6, 6.07) is 0. The monoisotopic (exact) mass is 357 g/mol. The van der Waals surface area contributed by atoms with Crippen molar-refractivity contribution in [1.82, 2.24) is 15.0 Å². The van der Waals surface area contributed by atoms with Crippen molar-refractivity contribution in [1.29, 1.82) is 0 Å². The van der Waals surface area contributed by atoms with Crippen molar-refractivity contribution < 1.29 is 23.7 Å². The normalized spacial score (nSPS) is 12.4. The average molecular weight is 357 g/mol. The van der Waals surface area contributed by atoms with Crippen LogP contribution in [0.4, 0.5) is 0 Å². The van der Waals surface area contributed by atoms with Gasteiger partial charge in [0.2, 0.25) is 0 Å². The number of hydrogen-bond donors (Lipinski definition) is 0. The van der Waals surface area contributed by atoms with Crippen LogP contribution < -0.4 is 0 Å². The zero-order valence-electron chi connectivity index (χ0n) is 15.6. The van der Waals surface area contributed by atoms with Crippen molar-refractivity contribution in [2.24, 2.45) is 5.92 Å². The SMILES string of the molecule is CCOCCOCCOCCOCc1cn(CC(=O)C(C)CC)nn1. The lowest BCUT2D eigenvalue weighted by atomic mass is 10.0. The molecule has 0 saturated carbocycles. The number of rotatable bonds is 16. The Bertz CT molecular complexity index is 467. The summed E-state index contributed by atoms with van der Waals surface area (Å²) in [6.07, 6.45) is 2.58. The van der Waals surface area contributed by atoms with Crippen molar-refractivity contribution in [3.8, 4) is 0 Å².